The number of aromatic nitrogens is 1. The number of pyridine rings is 1. The van der Waals surface area contributed by atoms with Crippen LogP contribution in [0.1, 0.15) is 44.2 Å². The zero-order valence-corrected chi connectivity index (χ0v) is 16.9. The summed E-state index contributed by atoms with van der Waals surface area (Å²) in [5.41, 5.74) is 0.687. The van der Waals surface area contributed by atoms with E-state index in [9.17, 15) is 13.6 Å². The Bertz CT molecular complexity index is 820. The van der Waals surface area contributed by atoms with E-state index >= 15 is 0 Å². The standard InChI is InChI=1S/C22H26F2N2O3/c1-21(2,3)29-20(27)26-12-11-22(23,24)18(14-26)17-9-10-19(25-13-17)28-15-16-7-5-4-6-8-16/h4-10,13,18H,11-12,14-15H2,1-3H3. The van der Waals surface area contributed by atoms with Crippen molar-refractivity contribution in [3.05, 3.63) is 59.8 Å². The highest BCUT2D eigenvalue weighted by Crippen LogP contribution is 2.40. The molecule has 1 aliphatic heterocycles. The second-order valence-corrected chi connectivity index (χ2v) is 8.19. The van der Waals surface area contributed by atoms with Gasteiger partial charge in [-0.2, -0.15) is 0 Å². The average molecular weight is 404 g/mol. The van der Waals surface area contributed by atoms with Crippen LogP contribution in [0.25, 0.3) is 0 Å². The number of halogens is 2. The smallest absolute Gasteiger partial charge is 0.410 e. The topological polar surface area (TPSA) is 51.7 Å². The molecule has 0 saturated carbocycles. The van der Waals surface area contributed by atoms with Gasteiger partial charge in [-0.05, 0) is 31.9 Å². The molecule has 1 saturated heterocycles. The maximum absolute atomic E-state index is 14.6. The molecule has 3 rings (SSSR count). The van der Waals surface area contributed by atoms with Crippen LogP contribution in [0, 0.1) is 0 Å². The summed E-state index contributed by atoms with van der Waals surface area (Å²) in [4.78, 5) is 17.8. The third kappa shape index (κ3) is 5.65. The Morgan fingerprint density at radius 1 is 1.21 bits per heavy atom. The molecule has 156 valence electrons. The number of nitrogens with zero attached hydrogens (tertiary/aromatic N) is 2. The zero-order valence-electron chi connectivity index (χ0n) is 16.9. The lowest BCUT2D eigenvalue weighted by molar-refractivity contribution is -0.0771. The third-order valence-electron chi connectivity index (χ3n) is 4.67. The largest absolute Gasteiger partial charge is 0.473 e. The minimum atomic E-state index is -2.92. The van der Waals surface area contributed by atoms with E-state index in [2.05, 4.69) is 4.98 Å². The van der Waals surface area contributed by atoms with Crippen molar-refractivity contribution >= 4 is 6.09 Å². The number of hydrogen-bond donors (Lipinski definition) is 0. The van der Waals surface area contributed by atoms with E-state index < -0.39 is 30.0 Å². The van der Waals surface area contributed by atoms with Gasteiger partial charge < -0.3 is 14.4 Å². The van der Waals surface area contributed by atoms with Gasteiger partial charge in [-0.1, -0.05) is 36.4 Å². The molecule has 2 heterocycles. The molecule has 0 N–H and O–H groups in total. The molecular formula is C22H26F2N2O3. The van der Waals surface area contributed by atoms with Gasteiger partial charge in [-0.3, -0.25) is 0 Å². The first-order valence-electron chi connectivity index (χ1n) is 9.62. The maximum atomic E-state index is 14.6. The number of likely N-dealkylation sites (tertiary alicyclic amines) is 1. The summed E-state index contributed by atoms with van der Waals surface area (Å²) in [5.74, 6) is -3.70. The summed E-state index contributed by atoms with van der Waals surface area (Å²) >= 11 is 0. The number of rotatable bonds is 4. The van der Waals surface area contributed by atoms with Gasteiger partial charge in [0.25, 0.3) is 5.92 Å². The molecular weight excluding hydrogens is 378 g/mol. The molecule has 0 spiro atoms. The van der Waals surface area contributed by atoms with Gasteiger partial charge >= 0.3 is 6.09 Å². The molecule has 1 unspecified atom stereocenters. The Morgan fingerprint density at radius 2 is 1.93 bits per heavy atom. The van der Waals surface area contributed by atoms with E-state index in [0.717, 1.165) is 5.56 Å². The van der Waals surface area contributed by atoms with Crippen molar-refractivity contribution in [3.63, 3.8) is 0 Å². The first kappa shape index (κ1) is 21.0. The lowest BCUT2D eigenvalue weighted by atomic mass is 9.88. The Morgan fingerprint density at radius 3 is 2.55 bits per heavy atom. The highest BCUT2D eigenvalue weighted by Gasteiger charge is 2.46. The second kappa shape index (κ2) is 8.35. The average Bonchev–Trinajstić information content (AvgIpc) is 2.66. The number of piperidine rings is 1. The fourth-order valence-electron chi connectivity index (χ4n) is 3.16. The van der Waals surface area contributed by atoms with Gasteiger partial charge in [-0.15, -0.1) is 0 Å². The van der Waals surface area contributed by atoms with Crippen LogP contribution in [-0.4, -0.2) is 40.6 Å². The van der Waals surface area contributed by atoms with Crippen LogP contribution in [-0.2, 0) is 11.3 Å². The summed E-state index contributed by atoms with van der Waals surface area (Å²) in [5, 5.41) is 0. The number of hydrogen-bond acceptors (Lipinski definition) is 4. The number of carbonyl (C=O) groups excluding carboxylic acids is 1. The third-order valence-corrected chi connectivity index (χ3v) is 4.67. The van der Waals surface area contributed by atoms with E-state index in [0.29, 0.717) is 18.1 Å². The van der Waals surface area contributed by atoms with Gasteiger partial charge in [-0.25, -0.2) is 18.6 Å². The molecule has 1 aromatic heterocycles. The molecule has 2 aromatic rings. The van der Waals surface area contributed by atoms with Crippen molar-refractivity contribution in [2.75, 3.05) is 13.1 Å². The molecule has 5 nitrogen and oxygen atoms in total. The molecule has 1 amide bonds. The Hall–Kier alpha value is -2.70. The van der Waals surface area contributed by atoms with E-state index in [4.69, 9.17) is 9.47 Å². The molecule has 0 radical (unpaired) electrons. The summed E-state index contributed by atoms with van der Waals surface area (Å²) in [6, 6.07) is 12.8. The number of benzene rings is 1. The molecule has 0 aliphatic carbocycles. The lowest BCUT2D eigenvalue weighted by Gasteiger charge is -2.38. The minimum Gasteiger partial charge on any atom is -0.473 e. The molecule has 1 aromatic carbocycles. The molecule has 7 heteroatoms. The monoisotopic (exact) mass is 404 g/mol. The summed E-state index contributed by atoms with van der Waals surface area (Å²) < 4.78 is 40.1. The van der Waals surface area contributed by atoms with Crippen molar-refractivity contribution in [3.8, 4) is 5.88 Å². The van der Waals surface area contributed by atoms with Crippen molar-refractivity contribution < 1.29 is 23.0 Å². The second-order valence-electron chi connectivity index (χ2n) is 8.19. The van der Waals surface area contributed by atoms with Crippen LogP contribution in [0.4, 0.5) is 13.6 Å². The SMILES string of the molecule is CC(C)(C)OC(=O)N1CCC(F)(F)C(c2ccc(OCc3ccccc3)nc2)C1. The number of carbonyl (C=O) groups is 1. The van der Waals surface area contributed by atoms with E-state index in [1.165, 1.54) is 11.1 Å². The van der Waals surface area contributed by atoms with E-state index in [1.54, 1.807) is 32.9 Å². The van der Waals surface area contributed by atoms with Gasteiger partial charge in [0.2, 0.25) is 5.88 Å². The normalized spacial score (nSPS) is 18.9. The van der Waals surface area contributed by atoms with Crippen LogP contribution in [0.5, 0.6) is 5.88 Å². The van der Waals surface area contributed by atoms with Crippen molar-refractivity contribution in [1.82, 2.24) is 9.88 Å². The van der Waals surface area contributed by atoms with Gasteiger partial charge in [0, 0.05) is 31.8 Å². The number of alkyl halides is 2. The van der Waals surface area contributed by atoms with Gasteiger partial charge in [0.05, 0.1) is 5.92 Å². The number of amides is 1. The zero-order chi connectivity index (χ0) is 21.1. The number of ether oxygens (including phenoxy) is 2. The minimum absolute atomic E-state index is 0.0376. The summed E-state index contributed by atoms with van der Waals surface area (Å²) in [7, 11) is 0. The van der Waals surface area contributed by atoms with Crippen molar-refractivity contribution in [1.29, 1.82) is 0 Å². The Kier molecular flexibility index (Phi) is 6.05. The first-order valence-corrected chi connectivity index (χ1v) is 9.62. The predicted molar refractivity (Wildman–Crippen MR) is 105 cm³/mol. The van der Waals surface area contributed by atoms with Crippen LogP contribution >= 0.6 is 0 Å². The van der Waals surface area contributed by atoms with E-state index in [1.807, 2.05) is 30.3 Å². The van der Waals surface area contributed by atoms with Crippen LogP contribution in [0.2, 0.25) is 0 Å². The van der Waals surface area contributed by atoms with Crippen molar-refractivity contribution in [2.45, 2.75) is 51.2 Å². The van der Waals surface area contributed by atoms with Gasteiger partial charge in [0.1, 0.15) is 12.2 Å². The van der Waals surface area contributed by atoms with E-state index in [-0.39, 0.29) is 13.1 Å². The molecule has 29 heavy (non-hydrogen) atoms. The molecule has 1 atom stereocenters. The van der Waals surface area contributed by atoms with Gasteiger partial charge in [0.15, 0.2) is 0 Å². The highest BCUT2D eigenvalue weighted by molar-refractivity contribution is 5.68. The Balaban J connectivity index is 1.67. The highest BCUT2D eigenvalue weighted by atomic mass is 19.3. The fraction of sp³-hybridized carbons (Fsp3) is 0.455. The molecule has 1 fully saturated rings. The quantitative estimate of drug-likeness (QED) is 0.718. The van der Waals surface area contributed by atoms with Crippen LogP contribution < -0.4 is 4.74 Å². The first-order chi connectivity index (χ1) is 13.6. The fourth-order valence-corrected chi connectivity index (χ4v) is 3.16. The molecule has 0 bridgehead atoms. The predicted octanol–water partition coefficient (Wildman–Crippen LogP) is 5.02. The van der Waals surface area contributed by atoms with Crippen LogP contribution in [0.15, 0.2) is 48.7 Å². The van der Waals surface area contributed by atoms with Crippen LogP contribution in [0.3, 0.4) is 0 Å². The van der Waals surface area contributed by atoms with Crippen molar-refractivity contribution in [2.24, 2.45) is 0 Å². The molecule has 1 aliphatic rings. The summed E-state index contributed by atoms with van der Waals surface area (Å²) in [6.45, 7) is 5.44. The summed E-state index contributed by atoms with van der Waals surface area (Å²) in [6.07, 6.45) is 0.412. The Labute approximate surface area is 169 Å². The lowest BCUT2D eigenvalue weighted by Crippen LogP contribution is -2.49. The maximum Gasteiger partial charge on any atom is 0.410 e.